The van der Waals surface area contributed by atoms with Crippen molar-refractivity contribution in [3.8, 4) is 0 Å². The first kappa shape index (κ1) is 19.0. The smallest absolute Gasteiger partial charge is 0.255 e. The SMILES string of the molecule is O=c1c(CN2CCCCC2)ccc2n1C[C@H]1C[C@@H]2CN(Cc2ccc(F)cc2)C1. The van der Waals surface area contributed by atoms with Crippen molar-refractivity contribution in [3.05, 3.63) is 69.4 Å². The lowest BCUT2D eigenvalue weighted by atomic mass is 9.82. The van der Waals surface area contributed by atoms with Gasteiger partial charge in [-0.05, 0) is 62.0 Å². The lowest BCUT2D eigenvalue weighted by molar-refractivity contribution is 0.114. The van der Waals surface area contributed by atoms with E-state index in [0.29, 0.717) is 11.8 Å². The van der Waals surface area contributed by atoms with E-state index >= 15 is 0 Å². The number of nitrogens with zero attached hydrogens (tertiary/aromatic N) is 3. The fourth-order valence-electron chi connectivity index (χ4n) is 5.55. The molecule has 2 saturated heterocycles. The summed E-state index contributed by atoms with van der Waals surface area (Å²) in [7, 11) is 0. The third kappa shape index (κ3) is 4.03. The largest absolute Gasteiger partial charge is 0.312 e. The molecular weight excluding hydrogens is 365 g/mol. The molecule has 2 atom stereocenters. The number of benzene rings is 1. The number of likely N-dealkylation sites (tertiary alicyclic amines) is 2. The molecule has 0 aliphatic carbocycles. The van der Waals surface area contributed by atoms with Crippen molar-refractivity contribution in [2.45, 2.75) is 51.2 Å². The van der Waals surface area contributed by atoms with Crippen LogP contribution in [0.5, 0.6) is 0 Å². The molecule has 1 aromatic heterocycles. The van der Waals surface area contributed by atoms with Gasteiger partial charge in [0.15, 0.2) is 0 Å². The predicted molar refractivity (Wildman–Crippen MR) is 112 cm³/mol. The first-order valence-corrected chi connectivity index (χ1v) is 11.1. The summed E-state index contributed by atoms with van der Waals surface area (Å²) in [5.74, 6) is 0.752. The fourth-order valence-corrected chi connectivity index (χ4v) is 5.55. The van der Waals surface area contributed by atoms with Gasteiger partial charge in [-0.2, -0.15) is 0 Å². The summed E-state index contributed by atoms with van der Waals surface area (Å²) in [4.78, 5) is 18.1. The number of hydrogen-bond acceptors (Lipinski definition) is 3. The Labute approximate surface area is 171 Å². The third-order valence-corrected chi connectivity index (χ3v) is 6.92. The molecule has 29 heavy (non-hydrogen) atoms. The summed E-state index contributed by atoms with van der Waals surface area (Å²) in [6.07, 6.45) is 4.99. The summed E-state index contributed by atoms with van der Waals surface area (Å²) < 4.78 is 15.3. The normalized spacial score (nSPS) is 25.0. The number of rotatable bonds is 4. The average Bonchev–Trinajstić information content (AvgIpc) is 2.73. The maximum atomic E-state index is 13.2. The van der Waals surface area contributed by atoms with Crippen LogP contribution in [0.3, 0.4) is 0 Å². The van der Waals surface area contributed by atoms with Crippen molar-refractivity contribution in [2.24, 2.45) is 5.92 Å². The lowest BCUT2D eigenvalue weighted by Crippen LogP contribution is -2.47. The number of fused-ring (bicyclic) bond motifs is 4. The Morgan fingerprint density at radius 3 is 2.45 bits per heavy atom. The second-order valence-electron chi connectivity index (χ2n) is 9.16. The summed E-state index contributed by atoms with van der Waals surface area (Å²) in [6.45, 7) is 6.69. The van der Waals surface area contributed by atoms with Gasteiger partial charge in [0, 0.05) is 49.9 Å². The average molecular weight is 396 g/mol. The predicted octanol–water partition coefficient (Wildman–Crippen LogP) is 3.59. The standard InChI is InChI=1S/C24H30FN3O/c25-22-7-4-18(5-8-22)13-27-14-19-12-21(17-27)23-9-6-20(24(29)28(23)15-19)16-26-10-2-1-3-11-26/h4-9,19,21H,1-3,10-17H2/t19-,21+/m0/s1. The van der Waals surface area contributed by atoms with Gasteiger partial charge >= 0.3 is 0 Å². The quantitative estimate of drug-likeness (QED) is 0.792. The van der Waals surface area contributed by atoms with Crippen LogP contribution in [0.1, 0.15) is 48.4 Å². The zero-order chi connectivity index (χ0) is 19.8. The Morgan fingerprint density at radius 2 is 1.66 bits per heavy atom. The molecule has 3 aliphatic rings. The number of hydrogen-bond donors (Lipinski definition) is 0. The lowest BCUT2D eigenvalue weighted by Gasteiger charge is -2.43. The Kier molecular flexibility index (Phi) is 5.27. The molecule has 0 spiro atoms. The third-order valence-electron chi connectivity index (χ3n) is 6.92. The highest BCUT2D eigenvalue weighted by Gasteiger charge is 2.35. The molecule has 4 heterocycles. The second-order valence-corrected chi connectivity index (χ2v) is 9.16. The minimum atomic E-state index is -0.182. The van der Waals surface area contributed by atoms with Crippen molar-refractivity contribution in [3.63, 3.8) is 0 Å². The van der Waals surface area contributed by atoms with E-state index in [1.807, 2.05) is 12.1 Å². The monoisotopic (exact) mass is 395 g/mol. The molecule has 0 unspecified atom stereocenters. The molecule has 0 saturated carbocycles. The molecule has 3 aliphatic heterocycles. The molecular formula is C24H30FN3O. The minimum Gasteiger partial charge on any atom is -0.312 e. The minimum absolute atomic E-state index is 0.182. The molecule has 2 aromatic rings. The fraction of sp³-hybridized carbons (Fsp3) is 0.542. The highest BCUT2D eigenvalue weighted by Crippen LogP contribution is 2.35. The number of aromatic nitrogens is 1. The van der Waals surface area contributed by atoms with Crippen LogP contribution >= 0.6 is 0 Å². The molecule has 1 aromatic carbocycles. The number of halogens is 1. The van der Waals surface area contributed by atoms with Crippen LogP contribution in [0.4, 0.5) is 4.39 Å². The van der Waals surface area contributed by atoms with Gasteiger partial charge in [-0.1, -0.05) is 24.6 Å². The van der Waals surface area contributed by atoms with E-state index in [9.17, 15) is 9.18 Å². The van der Waals surface area contributed by atoms with Gasteiger partial charge in [-0.25, -0.2) is 4.39 Å². The van der Waals surface area contributed by atoms with E-state index < -0.39 is 0 Å². The maximum Gasteiger partial charge on any atom is 0.255 e. The van der Waals surface area contributed by atoms with E-state index in [-0.39, 0.29) is 11.4 Å². The van der Waals surface area contributed by atoms with Gasteiger partial charge in [-0.15, -0.1) is 0 Å². The summed E-state index contributed by atoms with van der Waals surface area (Å²) >= 11 is 0. The molecule has 5 heteroatoms. The first-order valence-electron chi connectivity index (χ1n) is 11.1. The van der Waals surface area contributed by atoms with Crippen molar-refractivity contribution >= 4 is 0 Å². The van der Waals surface area contributed by atoms with Gasteiger partial charge in [0.05, 0.1) is 0 Å². The van der Waals surface area contributed by atoms with Gasteiger partial charge in [0.1, 0.15) is 5.82 Å². The van der Waals surface area contributed by atoms with E-state index in [0.717, 1.165) is 56.9 Å². The van der Waals surface area contributed by atoms with Gasteiger partial charge in [0.25, 0.3) is 5.56 Å². The van der Waals surface area contributed by atoms with E-state index in [2.05, 4.69) is 26.5 Å². The van der Waals surface area contributed by atoms with Crippen molar-refractivity contribution < 1.29 is 4.39 Å². The summed E-state index contributed by atoms with van der Waals surface area (Å²) in [5, 5.41) is 0. The van der Waals surface area contributed by atoms with Gasteiger partial charge < -0.3 is 4.57 Å². The molecule has 0 N–H and O–H groups in total. The van der Waals surface area contributed by atoms with Crippen LogP contribution in [-0.2, 0) is 19.6 Å². The van der Waals surface area contributed by atoms with Crippen LogP contribution in [-0.4, -0.2) is 40.5 Å². The van der Waals surface area contributed by atoms with E-state index in [1.54, 1.807) is 12.1 Å². The Morgan fingerprint density at radius 1 is 0.862 bits per heavy atom. The van der Waals surface area contributed by atoms with Crippen molar-refractivity contribution in [2.75, 3.05) is 26.2 Å². The van der Waals surface area contributed by atoms with Gasteiger partial charge in [-0.3, -0.25) is 14.6 Å². The maximum absolute atomic E-state index is 13.2. The first-order chi connectivity index (χ1) is 14.2. The summed E-state index contributed by atoms with van der Waals surface area (Å²) in [6, 6.07) is 11.1. The highest BCUT2D eigenvalue weighted by atomic mass is 19.1. The molecule has 154 valence electrons. The second kappa shape index (κ2) is 8.04. The topological polar surface area (TPSA) is 28.5 Å². The highest BCUT2D eigenvalue weighted by molar-refractivity contribution is 5.23. The molecule has 2 bridgehead atoms. The van der Waals surface area contributed by atoms with E-state index in [1.165, 1.54) is 31.4 Å². The molecule has 4 nitrogen and oxygen atoms in total. The van der Waals surface area contributed by atoms with Crippen molar-refractivity contribution in [1.82, 2.24) is 14.4 Å². The number of piperidine rings is 2. The van der Waals surface area contributed by atoms with Gasteiger partial charge in [0.2, 0.25) is 0 Å². The van der Waals surface area contributed by atoms with Crippen LogP contribution in [0.2, 0.25) is 0 Å². The van der Waals surface area contributed by atoms with Crippen LogP contribution in [0.15, 0.2) is 41.2 Å². The Bertz CT molecular complexity index is 917. The Balaban J connectivity index is 1.33. The number of pyridine rings is 1. The van der Waals surface area contributed by atoms with Crippen molar-refractivity contribution in [1.29, 1.82) is 0 Å². The molecule has 2 fully saturated rings. The molecule has 0 radical (unpaired) electrons. The zero-order valence-corrected chi connectivity index (χ0v) is 17.0. The van der Waals surface area contributed by atoms with Crippen LogP contribution in [0, 0.1) is 11.7 Å². The zero-order valence-electron chi connectivity index (χ0n) is 17.0. The Hall–Kier alpha value is -1.98. The molecule has 5 rings (SSSR count). The van der Waals surface area contributed by atoms with E-state index in [4.69, 9.17) is 0 Å². The van der Waals surface area contributed by atoms with Crippen LogP contribution < -0.4 is 5.56 Å². The summed E-state index contributed by atoms with van der Waals surface area (Å²) in [5.41, 5.74) is 3.55. The van der Waals surface area contributed by atoms with Crippen LogP contribution in [0.25, 0.3) is 0 Å². The molecule has 0 amide bonds.